The number of halogens is 1. The van der Waals surface area contributed by atoms with Gasteiger partial charge in [0.2, 0.25) is 5.91 Å². The summed E-state index contributed by atoms with van der Waals surface area (Å²) in [6.07, 6.45) is 1.52. The topological polar surface area (TPSA) is 45.2 Å². The number of nitrogens with one attached hydrogen (secondary N) is 1. The van der Waals surface area contributed by atoms with E-state index < -0.39 is 0 Å². The second kappa shape index (κ2) is 4.93. The van der Waals surface area contributed by atoms with Gasteiger partial charge in [0.25, 0.3) is 0 Å². The number of rotatable bonds is 3. The van der Waals surface area contributed by atoms with Crippen molar-refractivity contribution in [1.82, 2.24) is 9.88 Å². The number of pyridine rings is 1. The zero-order valence-electron chi connectivity index (χ0n) is 8.12. The molecular weight excluding hydrogens is 202 g/mol. The summed E-state index contributed by atoms with van der Waals surface area (Å²) in [6, 6.07) is 3.34. The van der Waals surface area contributed by atoms with Gasteiger partial charge in [-0.3, -0.25) is 4.79 Å². The van der Waals surface area contributed by atoms with Gasteiger partial charge in [0.1, 0.15) is 5.15 Å². The van der Waals surface area contributed by atoms with Crippen molar-refractivity contribution in [2.45, 2.75) is 0 Å². The zero-order chi connectivity index (χ0) is 10.6. The molecule has 0 aliphatic carbocycles. The van der Waals surface area contributed by atoms with Gasteiger partial charge >= 0.3 is 0 Å². The first kappa shape index (κ1) is 10.9. The van der Waals surface area contributed by atoms with E-state index in [2.05, 4.69) is 10.3 Å². The molecule has 1 amide bonds. The number of anilines is 1. The fourth-order valence-corrected chi connectivity index (χ4v) is 1.05. The fraction of sp³-hybridized carbons (Fsp3) is 0.333. The lowest BCUT2D eigenvalue weighted by Gasteiger charge is -2.09. The first-order valence-electron chi connectivity index (χ1n) is 4.14. The fourth-order valence-electron chi connectivity index (χ4n) is 0.937. The van der Waals surface area contributed by atoms with E-state index in [4.69, 9.17) is 11.6 Å². The van der Waals surface area contributed by atoms with Crippen LogP contribution in [0.3, 0.4) is 0 Å². The normalized spacial score (nSPS) is 10.3. The third-order valence-electron chi connectivity index (χ3n) is 1.47. The molecule has 1 aromatic rings. The average Bonchev–Trinajstić information content (AvgIpc) is 2.07. The quantitative estimate of drug-likeness (QED) is 0.769. The second-order valence-electron chi connectivity index (χ2n) is 3.16. The van der Waals surface area contributed by atoms with E-state index in [9.17, 15) is 4.79 Å². The highest BCUT2D eigenvalue weighted by Crippen LogP contribution is 2.09. The molecule has 0 saturated carbocycles. The second-order valence-corrected chi connectivity index (χ2v) is 3.54. The molecule has 4 nitrogen and oxygen atoms in total. The minimum atomic E-state index is -0.0703. The van der Waals surface area contributed by atoms with Crippen molar-refractivity contribution >= 4 is 23.2 Å². The van der Waals surface area contributed by atoms with Crippen LogP contribution in [0, 0.1) is 0 Å². The van der Waals surface area contributed by atoms with Crippen molar-refractivity contribution in [1.29, 1.82) is 0 Å². The SMILES string of the molecule is CN(C)CC(=O)Nc1ccc(Cl)nc1. The number of aromatic nitrogens is 1. The number of amides is 1. The van der Waals surface area contributed by atoms with Crippen LogP contribution in [-0.4, -0.2) is 36.4 Å². The molecule has 1 heterocycles. The standard InChI is InChI=1S/C9H12ClN3O/c1-13(2)6-9(14)12-7-3-4-8(10)11-5-7/h3-5H,6H2,1-2H3,(H,12,14). The van der Waals surface area contributed by atoms with Crippen molar-refractivity contribution in [2.75, 3.05) is 26.0 Å². The molecule has 1 rings (SSSR count). The molecule has 14 heavy (non-hydrogen) atoms. The summed E-state index contributed by atoms with van der Waals surface area (Å²) >= 11 is 5.60. The molecule has 76 valence electrons. The Kier molecular flexibility index (Phi) is 3.85. The summed E-state index contributed by atoms with van der Waals surface area (Å²) in [7, 11) is 3.67. The molecule has 0 fully saturated rings. The molecule has 0 spiro atoms. The van der Waals surface area contributed by atoms with Crippen LogP contribution in [0.5, 0.6) is 0 Å². The number of hydrogen-bond acceptors (Lipinski definition) is 3. The number of likely N-dealkylation sites (N-methyl/N-ethyl adjacent to an activating group) is 1. The maximum Gasteiger partial charge on any atom is 0.238 e. The van der Waals surface area contributed by atoms with E-state index in [0.717, 1.165) is 0 Å². The lowest BCUT2D eigenvalue weighted by molar-refractivity contribution is -0.116. The van der Waals surface area contributed by atoms with Crippen LogP contribution in [0.25, 0.3) is 0 Å². The first-order chi connectivity index (χ1) is 6.58. The zero-order valence-corrected chi connectivity index (χ0v) is 8.88. The summed E-state index contributed by atoms with van der Waals surface area (Å²) in [5.74, 6) is -0.0703. The molecular formula is C9H12ClN3O. The summed E-state index contributed by atoms with van der Waals surface area (Å²) in [4.78, 5) is 16.9. The van der Waals surface area contributed by atoms with Gasteiger partial charge in [-0.1, -0.05) is 11.6 Å². The smallest absolute Gasteiger partial charge is 0.238 e. The largest absolute Gasteiger partial charge is 0.324 e. The molecule has 0 radical (unpaired) electrons. The molecule has 0 unspecified atom stereocenters. The van der Waals surface area contributed by atoms with Gasteiger partial charge in [-0.25, -0.2) is 4.98 Å². The van der Waals surface area contributed by atoms with E-state index in [-0.39, 0.29) is 5.91 Å². The van der Waals surface area contributed by atoms with Crippen LogP contribution >= 0.6 is 11.6 Å². The summed E-state index contributed by atoms with van der Waals surface area (Å²) in [6.45, 7) is 0.350. The van der Waals surface area contributed by atoms with Crippen LogP contribution in [0.4, 0.5) is 5.69 Å². The predicted molar refractivity (Wildman–Crippen MR) is 56.4 cm³/mol. The molecule has 1 N–H and O–H groups in total. The van der Waals surface area contributed by atoms with E-state index in [0.29, 0.717) is 17.4 Å². The van der Waals surface area contributed by atoms with Crippen LogP contribution in [0.2, 0.25) is 5.15 Å². The van der Waals surface area contributed by atoms with Crippen molar-refractivity contribution in [3.05, 3.63) is 23.5 Å². The minimum absolute atomic E-state index is 0.0703. The van der Waals surface area contributed by atoms with Gasteiger partial charge in [0.05, 0.1) is 18.4 Å². The first-order valence-corrected chi connectivity index (χ1v) is 4.52. The maximum atomic E-state index is 11.3. The predicted octanol–water partition coefficient (Wildman–Crippen LogP) is 1.24. The molecule has 0 aliphatic heterocycles. The van der Waals surface area contributed by atoms with Crippen LogP contribution < -0.4 is 5.32 Å². The van der Waals surface area contributed by atoms with Crippen molar-refractivity contribution in [3.63, 3.8) is 0 Å². The van der Waals surface area contributed by atoms with E-state index >= 15 is 0 Å². The highest BCUT2D eigenvalue weighted by Gasteiger charge is 2.03. The minimum Gasteiger partial charge on any atom is -0.324 e. The number of hydrogen-bond donors (Lipinski definition) is 1. The summed E-state index contributed by atoms with van der Waals surface area (Å²) < 4.78 is 0. The van der Waals surface area contributed by atoms with Gasteiger partial charge in [0, 0.05) is 0 Å². The summed E-state index contributed by atoms with van der Waals surface area (Å²) in [5.41, 5.74) is 0.654. The Morgan fingerprint density at radius 3 is 2.79 bits per heavy atom. The Morgan fingerprint density at radius 1 is 1.57 bits per heavy atom. The van der Waals surface area contributed by atoms with Crippen molar-refractivity contribution < 1.29 is 4.79 Å². The molecule has 1 aromatic heterocycles. The Morgan fingerprint density at radius 2 is 2.29 bits per heavy atom. The molecule has 0 aromatic carbocycles. The molecule has 0 saturated heterocycles. The van der Waals surface area contributed by atoms with E-state index in [1.807, 2.05) is 14.1 Å². The van der Waals surface area contributed by atoms with E-state index in [1.165, 1.54) is 6.20 Å². The van der Waals surface area contributed by atoms with Crippen molar-refractivity contribution in [3.8, 4) is 0 Å². The molecule has 0 aliphatic rings. The number of carbonyl (C=O) groups is 1. The van der Waals surface area contributed by atoms with Gasteiger partial charge < -0.3 is 10.2 Å². The third kappa shape index (κ3) is 3.72. The van der Waals surface area contributed by atoms with Gasteiger partial charge in [-0.2, -0.15) is 0 Å². The average molecular weight is 214 g/mol. The van der Waals surface area contributed by atoms with E-state index in [1.54, 1.807) is 17.0 Å². The number of nitrogens with zero attached hydrogens (tertiary/aromatic N) is 2. The number of carbonyl (C=O) groups excluding carboxylic acids is 1. The highest BCUT2D eigenvalue weighted by molar-refractivity contribution is 6.29. The Labute approximate surface area is 87.9 Å². The van der Waals surface area contributed by atoms with Crippen LogP contribution in [0.15, 0.2) is 18.3 Å². The molecule has 0 bridgehead atoms. The maximum absolute atomic E-state index is 11.3. The summed E-state index contributed by atoms with van der Waals surface area (Å²) in [5, 5.41) is 3.11. The Hall–Kier alpha value is -1.13. The third-order valence-corrected chi connectivity index (χ3v) is 1.69. The van der Waals surface area contributed by atoms with Gasteiger partial charge in [-0.05, 0) is 26.2 Å². The Bertz CT molecular complexity index is 310. The molecule has 0 atom stereocenters. The van der Waals surface area contributed by atoms with Crippen LogP contribution in [-0.2, 0) is 4.79 Å². The Balaban J connectivity index is 2.52. The monoisotopic (exact) mass is 213 g/mol. The highest BCUT2D eigenvalue weighted by atomic mass is 35.5. The molecule has 5 heteroatoms. The van der Waals surface area contributed by atoms with Crippen LogP contribution in [0.1, 0.15) is 0 Å². The lowest BCUT2D eigenvalue weighted by Crippen LogP contribution is -2.27. The van der Waals surface area contributed by atoms with Gasteiger partial charge in [0.15, 0.2) is 0 Å². The van der Waals surface area contributed by atoms with Gasteiger partial charge in [-0.15, -0.1) is 0 Å². The van der Waals surface area contributed by atoms with Crippen molar-refractivity contribution in [2.24, 2.45) is 0 Å². The lowest BCUT2D eigenvalue weighted by atomic mass is 10.4.